The van der Waals surface area contributed by atoms with Crippen LogP contribution in [-0.2, 0) is 14.3 Å². The van der Waals surface area contributed by atoms with Crippen LogP contribution in [0.15, 0.2) is 0 Å². The highest BCUT2D eigenvalue weighted by Gasteiger charge is 2.48. The van der Waals surface area contributed by atoms with Crippen LogP contribution < -0.4 is 0 Å². The highest BCUT2D eigenvalue weighted by atomic mass is 16.6. The van der Waals surface area contributed by atoms with E-state index >= 15 is 0 Å². The molecule has 1 heterocycles. The first-order valence-electron chi connectivity index (χ1n) is 3.94. The molecule has 0 radical (unpaired) electrons. The maximum Gasteiger partial charge on any atom is 0.311 e. The number of carboxylic acids is 1. The molecular weight excluding hydrogens is 160 g/mol. The normalized spacial score (nSPS) is 34.8. The van der Waals surface area contributed by atoms with Crippen LogP contribution in [0.3, 0.4) is 0 Å². The number of carbonyl (C=O) groups excluding carboxylic acids is 1. The number of ether oxygens (including phenoxy) is 1. The second-order valence-electron chi connectivity index (χ2n) is 3.24. The van der Waals surface area contributed by atoms with E-state index in [-0.39, 0.29) is 6.42 Å². The summed E-state index contributed by atoms with van der Waals surface area (Å²) >= 11 is 0. The maximum atomic E-state index is 10.8. The van der Waals surface area contributed by atoms with E-state index < -0.39 is 23.5 Å². The molecule has 0 saturated carbocycles. The molecule has 1 rings (SSSR count). The molecule has 12 heavy (non-hydrogen) atoms. The summed E-state index contributed by atoms with van der Waals surface area (Å²) in [4.78, 5) is 21.5. The van der Waals surface area contributed by atoms with Crippen molar-refractivity contribution in [2.24, 2.45) is 5.92 Å². The average Bonchev–Trinajstić information content (AvgIpc) is 2.27. The first-order chi connectivity index (χ1) is 5.49. The molecule has 2 atom stereocenters. The van der Waals surface area contributed by atoms with Crippen LogP contribution in [0.4, 0.5) is 0 Å². The van der Waals surface area contributed by atoms with E-state index in [0.29, 0.717) is 6.42 Å². The molecule has 0 aromatic carbocycles. The molecule has 0 amide bonds. The third-order valence-corrected chi connectivity index (χ3v) is 2.46. The Balaban J connectivity index is 2.86. The van der Waals surface area contributed by atoms with Gasteiger partial charge in [-0.1, -0.05) is 6.92 Å². The summed E-state index contributed by atoms with van der Waals surface area (Å²) in [5.41, 5.74) is -0.803. The van der Waals surface area contributed by atoms with Crippen molar-refractivity contribution in [1.29, 1.82) is 0 Å². The Kier molecular flexibility index (Phi) is 2.08. The van der Waals surface area contributed by atoms with Gasteiger partial charge in [0.1, 0.15) is 11.5 Å². The lowest BCUT2D eigenvalue weighted by atomic mass is 9.87. The van der Waals surface area contributed by atoms with Gasteiger partial charge in [0.25, 0.3) is 0 Å². The Labute approximate surface area is 70.5 Å². The van der Waals surface area contributed by atoms with Crippen molar-refractivity contribution in [3.05, 3.63) is 0 Å². The van der Waals surface area contributed by atoms with Crippen molar-refractivity contribution >= 4 is 11.9 Å². The van der Waals surface area contributed by atoms with Crippen molar-refractivity contribution in [1.82, 2.24) is 0 Å². The number of cyclic esters (lactones) is 1. The largest absolute Gasteiger partial charge is 0.481 e. The second kappa shape index (κ2) is 2.77. The third-order valence-electron chi connectivity index (χ3n) is 2.46. The monoisotopic (exact) mass is 172 g/mol. The van der Waals surface area contributed by atoms with Gasteiger partial charge in [-0.2, -0.15) is 0 Å². The van der Waals surface area contributed by atoms with Crippen LogP contribution in [0.25, 0.3) is 0 Å². The fourth-order valence-electron chi connectivity index (χ4n) is 1.42. The fraction of sp³-hybridized carbons (Fsp3) is 0.750. The zero-order valence-electron chi connectivity index (χ0n) is 7.16. The van der Waals surface area contributed by atoms with Crippen LogP contribution >= 0.6 is 0 Å². The van der Waals surface area contributed by atoms with Gasteiger partial charge in [0, 0.05) is 0 Å². The summed E-state index contributed by atoms with van der Waals surface area (Å²) in [6.07, 6.45) is 0.537. The van der Waals surface area contributed by atoms with Crippen molar-refractivity contribution in [3.8, 4) is 0 Å². The molecular formula is C8H12O4. The molecule has 0 bridgehead atoms. The Morgan fingerprint density at radius 1 is 1.83 bits per heavy atom. The van der Waals surface area contributed by atoms with Gasteiger partial charge >= 0.3 is 11.9 Å². The molecule has 0 spiro atoms. The van der Waals surface area contributed by atoms with Crippen LogP contribution in [0, 0.1) is 5.92 Å². The lowest BCUT2D eigenvalue weighted by Crippen LogP contribution is -2.35. The highest BCUT2D eigenvalue weighted by Crippen LogP contribution is 2.35. The van der Waals surface area contributed by atoms with Gasteiger partial charge in [0.15, 0.2) is 0 Å². The van der Waals surface area contributed by atoms with E-state index in [1.54, 1.807) is 6.92 Å². The van der Waals surface area contributed by atoms with Crippen molar-refractivity contribution in [2.45, 2.75) is 32.3 Å². The summed E-state index contributed by atoms with van der Waals surface area (Å²) in [6, 6.07) is 0. The SMILES string of the molecule is CC[C@@]1(C)OC(=O)C[C@H]1C(=O)O. The van der Waals surface area contributed by atoms with Crippen molar-refractivity contribution in [2.75, 3.05) is 0 Å². The topological polar surface area (TPSA) is 63.6 Å². The lowest BCUT2D eigenvalue weighted by molar-refractivity contribution is -0.153. The summed E-state index contributed by atoms with van der Waals surface area (Å²) in [6.45, 7) is 3.48. The molecule has 0 aromatic rings. The molecule has 1 saturated heterocycles. The maximum absolute atomic E-state index is 10.8. The highest BCUT2D eigenvalue weighted by molar-refractivity contribution is 5.83. The summed E-state index contributed by atoms with van der Waals surface area (Å²) < 4.78 is 4.95. The Morgan fingerprint density at radius 3 is 2.75 bits per heavy atom. The fourth-order valence-corrected chi connectivity index (χ4v) is 1.42. The molecule has 68 valence electrons. The molecule has 1 fully saturated rings. The van der Waals surface area contributed by atoms with Crippen LogP contribution in [0.5, 0.6) is 0 Å². The van der Waals surface area contributed by atoms with Crippen molar-refractivity contribution in [3.63, 3.8) is 0 Å². The number of carboxylic acid groups (broad SMARTS) is 1. The third kappa shape index (κ3) is 1.29. The van der Waals surface area contributed by atoms with Gasteiger partial charge in [-0.05, 0) is 13.3 Å². The van der Waals surface area contributed by atoms with Crippen LogP contribution in [-0.4, -0.2) is 22.6 Å². The number of esters is 1. The minimum absolute atomic E-state index is 0.000324. The van der Waals surface area contributed by atoms with Gasteiger partial charge in [-0.15, -0.1) is 0 Å². The number of hydrogen-bond donors (Lipinski definition) is 1. The Bertz CT molecular complexity index is 223. The Morgan fingerprint density at radius 2 is 2.42 bits per heavy atom. The summed E-state index contributed by atoms with van der Waals surface area (Å²) in [7, 11) is 0. The zero-order chi connectivity index (χ0) is 9.35. The lowest BCUT2D eigenvalue weighted by Gasteiger charge is -2.24. The van der Waals surface area contributed by atoms with E-state index in [2.05, 4.69) is 0 Å². The van der Waals surface area contributed by atoms with E-state index in [9.17, 15) is 9.59 Å². The molecule has 4 heteroatoms. The molecule has 4 nitrogen and oxygen atoms in total. The summed E-state index contributed by atoms with van der Waals surface area (Å²) in [5, 5.41) is 8.77. The van der Waals surface area contributed by atoms with Gasteiger partial charge in [0.05, 0.1) is 6.42 Å². The van der Waals surface area contributed by atoms with Gasteiger partial charge in [0.2, 0.25) is 0 Å². The first kappa shape index (κ1) is 9.03. The van der Waals surface area contributed by atoms with Crippen LogP contribution in [0.1, 0.15) is 26.7 Å². The van der Waals surface area contributed by atoms with E-state index in [0.717, 1.165) is 0 Å². The molecule has 1 aliphatic heterocycles. The number of hydrogen-bond acceptors (Lipinski definition) is 3. The van der Waals surface area contributed by atoms with E-state index in [1.807, 2.05) is 6.92 Å². The minimum Gasteiger partial charge on any atom is -0.481 e. The zero-order valence-corrected chi connectivity index (χ0v) is 7.16. The number of rotatable bonds is 2. The predicted octanol–water partition coefficient (Wildman–Crippen LogP) is 0.803. The van der Waals surface area contributed by atoms with E-state index in [4.69, 9.17) is 9.84 Å². The summed E-state index contributed by atoms with van der Waals surface area (Å²) in [5.74, 6) is -2.05. The second-order valence-corrected chi connectivity index (χ2v) is 3.24. The average molecular weight is 172 g/mol. The standard InChI is InChI=1S/C8H12O4/c1-3-8(2)5(7(10)11)4-6(9)12-8/h5H,3-4H2,1-2H3,(H,10,11)/t5-,8+/m0/s1. The van der Waals surface area contributed by atoms with Gasteiger partial charge in [-0.3, -0.25) is 9.59 Å². The number of carbonyl (C=O) groups is 2. The molecule has 0 aromatic heterocycles. The Hall–Kier alpha value is -1.06. The molecule has 0 unspecified atom stereocenters. The number of aliphatic carboxylic acids is 1. The molecule has 0 aliphatic carbocycles. The molecule has 1 N–H and O–H groups in total. The van der Waals surface area contributed by atoms with E-state index in [1.165, 1.54) is 0 Å². The van der Waals surface area contributed by atoms with Gasteiger partial charge < -0.3 is 9.84 Å². The quantitative estimate of drug-likeness (QED) is 0.626. The smallest absolute Gasteiger partial charge is 0.311 e. The van der Waals surface area contributed by atoms with Gasteiger partial charge in [-0.25, -0.2) is 0 Å². The first-order valence-corrected chi connectivity index (χ1v) is 3.94. The predicted molar refractivity (Wildman–Crippen MR) is 40.5 cm³/mol. The molecule has 1 aliphatic rings. The van der Waals surface area contributed by atoms with Crippen molar-refractivity contribution < 1.29 is 19.4 Å². The minimum atomic E-state index is -0.954. The van der Waals surface area contributed by atoms with Crippen LogP contribution in [0.2, 0.25) is 0 Å².